The Kier molecular flexibility index (Phi) is 3.86. The molecule has 1 N–H and O–H groups in total. The maximum Gasteiger partial charge on any atom is 0.303 e. The largest absolute Gasteiger partial charge is 0.481 e. The molecule has 0 amide bonds. The van der Waals surface area contributed by atoms with Gasteiger partial charge >= 0.3 is 5.97 Å². The molecule has 1 rings (SSSR count). The van der Waals surface area contributed by atoms with E-state index in [1.54, 1.807) is 0 Å². The lowest BCUT2D eigenvalue weighted by Gasteiger charge is -2.14. The monoisotopic (exact) mass is 196 g/mol. The number of carbonyl (C=O) groups is 2. The topological polar surface area (TPSA) is 54.4 Å². The third-order valence-corrected chi connectivity index (χ3v) is 2.76. The highest BCUT2D eigenvalue weighted by atomic mass is 16.4. The molecular weight excluding hydrogens is 180 g/mol. The van der Waals surface area contributed by atoms with Gasteiger partial charge in [0.05, 0.1) is 0 Å². The number of carboxylic acid groups (broad SMARTS) is 1. The van der Waals surface area contributed by atoms with E-state index in [9.17, 15) is 9.59 Å². The van der Waals surface area contributed by atoms with Gasteiger partial charge in [0.2, 0.25) is 0 Å². The summed E-state index contributed by atoms with van der Waals surface area (Å²) in [5.74, 6) is -0.285. The molecule has 0 aromatic carbocycles. The van der Waals surface area contributed by atoms with Crippen LogP contribution in [0.4, 0.5) is 0 Å². The second-order valence-electron chi connectivity index (χ2n) is 3.87. The minimum Gasteiger partial charge on any atom is -0.481 e. The Morgan fingerprint density at radius 1 is 1.50 bits per heavy atom. The summed E-state index contributed by atoms with van der Waals surface area (Å²) in [4.78, 5) is 21.7. The van der Waals surface area contributed by atoms with Crippen molar-refractivity contribution < 1.29 is 14.7 Å². The molecule has 3 heteroatoms. The molecule has 14 heavy (non-hydrogen) atoms. The van der Waals surface area contributed by atoms with Crippen molar-refractivity contribution in [2.24, 2.45) is 11.8 Å². The molecule has 78 valence electrons. The van der Waals surface area contributed by atoms with Gasteiger partial charge in [-0.2, -0.15) is 0 Å². The van der Waals surface area contributed by atoms with Gasteiger partial charge in [-0.05, 0) is 25.2 Å². The molecule has 0 radical (unpaired) electrons. The first-order valence-corrected chi connectivity index (χ1v) is 4.98. The number of carboxylic acids is 1. The third kappa shape index (κ3) is 2.98. The summed E-state index contributed by atoms with van der Waals surface area (Å²) in [6.07, 6.45) is 5.93. The first kappa shape index (κ1) is 11.0. The molecule has 1 aliphatic rings. The number of allylic oxidation sites excluding steroid dienone is 2. The Morgan fingerprint density at radius 2 is 2.14 bits per heavy atom. The van der Waals surface area contributed by atoms with Crippen molar-refractivity contribution in [3.05, 3.63) is 12.2 Å². The zero-order chi connectivity index (χ0) is 10.6. The van der Waals surface area contributed by atoms with Gasteiger partial charge in [-0.15, -0.1) is 0 Å². The van der Waals surface area contributed by atoms with Gasteiger partial charge in [0.15, 0.2) is 0 Å². The Hall–Kier alpha value is -1.12. The molecule has 0 heterocycles. The van der Waals surface area contributed by atoms with Crippen molar-refractivity contribution in [2.45, 2.75) is 32.6 Å². The van der Waals surface area contributed by atoms with E-state index in [0.717, 1.165) is 6.42 Å². The highest BCUT2D eigenvalue weighted by molar-refractivity contribution is 5.82. The maximum atomic E-state index is 11.2. The molecule has 2 atom stereocenters. The van der Waals surface area contributed by atoms with Crippen LogP contribution in [-0.2, 0) is 9.59 Å². The minimum absolute atomic E-state index is 0.0520. The zero-order valence-corrected chi connectivity index (χ0v) is 8.40. The van der Waals surface area contributed by atoms with Crippen molar-refractivity contribution in [3.8, 4) is 0 Å². The first-order chi connectivity index (χ1) is 6.63. The second kappa shape index (κ2) is 4.94. The molecule has 0 saturated heterocycles. The van der Waals surface area contributed by atoms with Crippen molar-refractivity contribution in [3.63, 3.8) is 0 Å². The normalized spacial score (nSPS) is 27.4. The van der Waals surface area contributed by atoms with Crippen LogP contribution in [0, 0.1) is 11.8 Å². The predicted molar refractivity (Wildman–Crippen MR) is 52.9 cm³/mol. The molecule has 0 spiro atoms. The second-order valence-corrected chi connectivity index (χ2v) is 3.87. The van der Waals surface area contributed by atoms with E-state index in [4.69, 9.17) is 5.11 Å². The number of ketones is 1. The van der Waals surface area contributed by atoms with Gasteiger partial charge in [0.1, 0.15) is 5.78 Å². The fraction of sp³-hybridized carbons (Fsp3) is 0.636. The van der Waals surface area contributed by atoms with Crippen molar-refractivity contribution in [1.29, 1.82) is 0 Å². The van der Waals surface area contributed by atoms with Gasteiger partial charge in [0.25, 0.3) is 0 Å². The van der Waals surface area contributed by atoms with Crippen LogP contribution in [0.3, 0.4) is 0 Å². The number of aliphatic carboxylic acids is 1. The molecule has 0 aromatic rings. The molecule has 1 aliphatic carbocycles. The first-order valence-electron chi connectivity index (χ1n) is 4.98. The number of rotatable bonds is 4. The van der Waals surface area contributed by atoms with Gasteiger partial charge in [-0.25, -0.2) is 0 Å². The quantitative estimate of drug-likeness (QED) is 0.700. The fourth-order valence-corrected chi connectivity index (χ4v) is 2.05. The zero-order valence-electron chi connectivity index (χ0n) is 8.40. The lowest BCUT2D eigenvalue weighted by Crippen LogP contribution is -2.12. The molecule has 0 bridgehead atoms. The minimum atomic E-state index is -0.796. The van der Waals surface area contributed by atoms with Gasteiger partial charge < -0.3 is 5.11 Å². The summed E-state index contributed by atoms with van der Waals surface area (Å²) in [7, 11) is 0. The number of hydrogen-bond donors (Lipinski definition) is 1. The van der Waals surface area contributed by atoms with Crippen LogP contribution in [0.1, 0.15) is 32.6 Å². The highest BCUT2D eigenvalue weighted by Crippen LogP contribution is 2.34. The fourth-order valence-electron chi connectivity index (χ4n) is 2.05. The highest BCUT2D eigenvalue weighted by Gasteiger charge is 2.33. The summed E-state index contributed by atoms with van der Waals surface area (Å²) in [5.41, 5.74) is 0. The van der Waals surface area contributed by atoms with E-state index in [2.05, 4.69) is 0 Å². The molecule has 3 nitrogen and oxygen atoms in total. The van der Waals surface area contributed by atoms with Crippen LogP contribution in [0.2, 0.25) is 0 Å². The molecular formula is C11H16O3. The van der Waals surface area contributed by atoms with Gasteiger partial charge in [-0.3, -0.25) is 9.59 Å². The van der Waals surface area contributed by atoms with E-state index in [1.165, 1.54) is 0 Å². The Balaban J connectivity index is 2.53. The van der Waals surface area contributed by atoms with Crippen molar-refractivity contribution in [2.75, 3.05) is 0 Å². The smallest absolute Gasteiger partial charge is 0.303 e. The predicted octanol–water partition coefficient (Wildman–Crippen LogP) is 2.02. The SMILES string of the molecule is CC=CCC1CC(=O)C[C@H]1CC(=O)O. The standard InChI is InChI=1S/C11H16O3/c1-2-3-4-8-5-10(12)6-9(8)7-11(13)14/h2-3,8-9H,4-7H2,1H3,(H,13,14)/t8?,9-/m0/s1. The number of Topliss-reactive ketones (excluding diaryl/α,β-unsaturated/α-hetero) is 1. The lowest BCUT2D eigenvalue weighted by atomic mass is 9.90. The molecule has 0 aromatic heterocycles. The molecule has 0 aliphatic heterocycles. The Bertz CT molecular complexity index is 255. The van der Waals surface area contributed by atoms with Crippen LogP contribution < -0.4 is 0 Å². The summed E-state index contributed by atoms with van der Waals surface area (Å²) in [6, 6.07) is 0. The van der Waals surface area contributed by atoms with Gasteiger partial charge in [-0.1, -0.05) is 12.2 Å². The average Bonchev–Trinajstić information content (AvgIpc) is 2.41. The number of hydrogen-bond acceptors (Lipinski definition) is 2. The maximum absolute atomic E-state index is 11.2. The summed E-state index contributed by atoms with van der Waals surface area (Å²) in [5, 5.41) is 8.67. The Labute approximate surface area is 83.8 Å². The van der Waals surface area contributed by atoms with Crippen molar-refractivity contribution in [1.82, 2.24) is 0 Å². The van der Waals surface area contributed by atoms with E-state index in [1.807, 2.05) is 19.1 Å². The molecule has 1 unspecified atom stereocenters. The molecule has 1 saturated carbocycles. The van der Waals surface area contributed by atoms with E-state index in [-0.39, 0.29) is 24.0 Å². The summed E-state index contributed by atoms with van der Waals surface area (Å²) >= 11 is 0. The van der Waals surface area contributed by atoms with Crippen LogP contribution in [-0.4, -0.2) is 16.9 Å². The van der Waals surface area contributed by atoms with Crippen LogP contribution in [0.5, 0.6) is 0 Å². The summed E-state index contributed by atoms with van der Waals surface area (Å²) < 4.78 is 0. The average molecular weight is 196 g/mol. The Morgan fingerprint density at radius 3 is 2.71 bits per heavy atom. The third-order valence-electron chi connectivity index (χ3n) is 2.76. The molecule has 1 fully saturated rings. The van der Waals surface area contributed by atoms with Crippen LogP contribution in [0.15, 0.2) is 12.2 Å². The summed E-state index contributed by atoms with van der Waals surface area (Å²) in [6.45, 7) is 1.93. The van der Waals surface area contributed by atoms with Crippen LogP contribution in [0.25, 0.3) is 0 Å². The number of carbonyl (C=O) groups excluding carboxylic acids is 1. The van der Waals surface area contributed by atoms with E-state index < -0.39 is 5.97 Å². The van der Waals surface area contributed by atoms with Crippen LogP contribution >= 0.6 is 0 Å². The van der Waals surface area contributed by atoms with Crippen molar-refractivity contribution >= 4 is 11.8 Å². The lowest BCUT2D eigenvalue weighted by molar-refractivity contribution is -0.138. The van der Waals surface area contributed by atoms with E-state index >= 15 is 0 Å². The van der Waals surface area contributed by atoms with E-state index in [0.29, 0.717) is 12.8 Å². The van der Waals surface area contributed by atoms with Gasteiger partial charge in [0, 0.05) is 19.3 Å².